The number of benzene rings is 1. The third kappa shape index (κ3) is 2.54. The SMILES string of the molecule is Cc1ccnc2c(-c3ccc(C(C)(C)C)cc3)ccnc12. The van der Waals surface area contributed by atoms with Gasteiger partial charge in [-0.1, -0.05) is 45.0 Å². The van der Waals surface area contributed by atoms with Crippen LogP contribution in [0, 0.1) is 6.92 Å². The van der Waals surface area contributed by atoms with Gasteiger partial charge in [0.1, 0.15) is 0 Å². The largest absolute Gasteiger partial charge is 0.254 e. The molecule has 0 saturated heterocycles. The highest BCUT2D eigenvalue weighted by molar-refractivity contribution is 5.92. The molecule has 106 valence electrons. The van der Waals surface area contributed by atoms with E-state index in [1.807, 2.05) is 24.5 Å². The van der Waals surface area contributed by atoms with Crippen molar-refractivity contribution in [2.45, 2.75) is 33.1 Å². The van der Waals surface area contributed by atoms with Crippen LogP contribution in [0.2, 0.25) is 0 Å². The average Bonchev–Trinajstić information content (AvgIpc) is 2.46. The molecule has 0 aliphatic rings. The van der Waals surface area contributed by atoms with Crippen LogP contribution in [0.15, 0.2) is 48.8 Å². The highest BCUT2D eigenvalue weighted by atomic mass is 14.7. The lowest BCUT2D eigenvalue weighted by Gasteiger charge is -2.19. The van der Waals surface area contributed by atoms with Crippen LogP contribution in [0.1, 0.15) is 31.9 Å². The first-order chi connectivity index (χ1) is 9.97. The molecule has 0 amide bonds. The molecule has 2 heterocycles. The second-order valence-corrected chi connectivity index (χ2v) is 6.51. The van der Waals surface area contributed by atoms with Crippen LogP contribution in [-0.4, -0.2) is 9.97 Å². The van der Waals surface area contributed by atoms with Crippen LogP contribution in [-0.2, 0) is 5.41 Å². The minimum atomic E-state index is 0.174. The van der Waals surface area contributed by atoms with Gasteiger partial charge in [0.05, 0.1) is 11.0 Å². The second kappa shape index (κ2) is 4.96. The van der Waals surface area contributed by atoms with E-state index in [0.717, 1.165) is 22.2 Å². The molecule has 1 aromatic carbocycles. The van der Waals surface area contributed by atoms with E-state index in [-0.39, 0.29) is 5.41 Å². The highest BCUT2D eigenvalue weighted by Crippen LogP contribution is 2.29. The molecule has 0 aliphatic carbocycles. The summed E-state index contributed by atoms with van der Waals surface area (Å²) in [6.45, 7) is 8.77. The number of aryl methyl sites for hydroxylation is 1. The maximum absolute atomic E-state index is 4.53. The van der Waals surface area contributed by atoms with E-state index in [1.165, 1.54) is 11.1 Å². The molecule has 0 atom stereocenters. The van der Waals surface area contributed by atoms with Crippen LogP contribution < -0.4 is 0 Å². The Morgan fingerprint density at radius 1 is 0.762 bits per heavy atom. The fourth-order valence-electron chi connectivity index (χ4n) is 2.56. The van der Waals surface area contributed by atoms with Gasteiger partial charge in [-0.25, -0.2) is 0 Å². The lowest BCUT2D eigenvalue weighted by Crippen LogP contribution is -2.10. The molecule has 2 nitrogen and oxygen atoms in total. The van der Waals surface area contributed by atoms with Crippen molar-refractivity contribution in [1.82, 2.24) is 9.97 Å². The molecule has 0 unspecified atom stereocenters. The van der Waals surface area contributed by atoms with E-state index in [0.29, 0.717) is 0 Å². The van der Waals surface area contributed by atoms with Crippen molar-refractivity contribution in [1.29, 1.82) is 0 Å². The molecule has 0 spiro atoms. The average molecular weight is 276 g/mol. The number of rotatable bonds is 1. The summed E-state index contributed by atoms with van der Waals surface area (Å²) >= 11 is 0. The number of pyridine rings is 2. The van der Waals surface area contributed by atoms with Crippen LogP contribution in [0.3, 0.4) is 0 Å². The molecule has 0 bridgehead atoms. The summed E-state index contributed by atoms with van der Waals surface area (Å²) in [6.07, 6.45) is 3.72. The Kier molecular flexibility index (Phi) is 3.25. The first-order valence-electron chi connectivity index (χ1n) is 7.28. The zero-order valence-electron chi connectivity index (χ0n) is 13.0. The zero-order valence-corrected chi connectivity index (χ0v) is 13.0. The van der Waals surface area contributed by atoms with Crippen molar-refractivity contribution in [3.05, 3.63) is 59.9 Å². The molecule has 21 heavy (non-hydrogen) atoms. The molecule has 0 aliphatic heterocycles. The van der Waals surface area contributed by atoms with Gasteiger partial charge < -0.3 is 0 Å². The van der Waals surface area contributed by atoms with Gasteiger partial charge >= 0.3 is 0 Å². The third-order valence-electron chi connectivity index (χ3n) is 3.89. The van der Waals surface area contributed by atoms with Gasteiger partial charge in [-0.3, -0.25) is 9.97 Å². The molecule has 3 rings (SSSR count). The molecule has 3 aromatic rings. The monoisotopic (exact) mass is 276 g/mol. The van der Waals surface area contributed by atoms with Gasteiger partial charge in [0.2, 0.25) is 0 Å². The number of nitrogens with zero attached hydrogens (tertiary/aromatic N) is 2. The van der Waals surface area contributed by atoms with Crippen LogP contribution >= 0.6 is 0 Å². The fourth-order valence-corrected chi connectivity index (χ4v) is 2.56. The van der Waals surface area contributed by atoms with E-state index in [4.69, 9.17) is 0 Å². The van der Waals surface area contributed by atoms with E-state index < -0.39 is 0 Å². The molecular weight excluding hydrogens is 256 g/mol. The Balaban J connectivity index is 2.15. The van der Waals surface area contributed by atoms with Gasteiger partial charge in [0, 0.05) is 18.0 Å². The lowest BCUT2D eigenvalue weighted by atomic mass is 9.86. The lowest BCUT2D eigenvalue weighted by molar-refractivity contribution is 0.590. The number of hydrogen-bond acceptors (Lipinski definition) is 2. The normalized spacial score (nSPS) is 11.8. The topological polar surface area (TPSA) is 25.8 Å². The predicted octanol–water partition coefficient (Wildman–Crippen LogP) is 4.90. The van der Waals surface area contributed by atoms with Gasteiger partial charge in [0.25, 0.3) is 0 Å². The summed E-state index contributed by atoms with van der Waals surface area (Å²) in [5.74, 6) is 0. The maximum atomic E-state index is 4.53. The Morgan fingerprint density at radius 3 is 2.05 bits per heavy atom. The second-order valence-electron chi connectivity index (χ2n) is 6.51. The number of aromatic nitrogens is 2. The van der Waals surface area contributed by atoms with Crippen molar-refractivity contribution in [2.24, 2.45) is 0 Å². The Morgan fingerprint density at radius 2 is 1.38 bits per heavy atom. The Hall–Kier alpha value is -2.22. The maximum Gasteiger partial charge on any atom is 0.0967 e. The van der Waals surface area contributed by atoms with Gasteiger partial charge in [-0.05, 0) is 41.2 Å². The van der Waals surface area contributed by atoms with Crippen LogP contribution in [0.25, 0.3) is 22.2 Å². The molecule has 0 radical (unpaired) electrons. The van der Waals surface area contributed by atoms with E-state index >= 15 is 0 Å². The third-order valence-corrected chi connectivity index (χ3v) is 3.89. The van der Waals surface area contributed by atoms with Crippen molar-refractivity contribution in [3.63, 3.8) is 0 Å². The van der Waals surface area contributed by atoms with Gasteiger partial charge in [-0.15, -0.1) is 0 Å². The van der Waals surface area contributed by atoms with E-state index in [2.05, 4.69) is 61.9 Å². The van der Waals surface area contributed by atoms with Crippen molar-refractivity contribution in [2.75, 3.05) is 0 Å². The quantitative estimate of drug-likeness (QED) is 0.631. The Labute approximate surface area is 125 Å². The van der Waals surface area contributed by atoms with Crippen molar-refractivity contribution >= 4 is 11.0 Å². The summed E-state index contributed by atoms with van der Waals surface area (Å²) in [5.41, 5.74) is 6.96. The van der Waals surface area contributed by atoms with Gasteiger partial charge in [-0.2, -0.15) is 0 Å². The first-order valence-corrected chi connectivity index (χ1v) is 7.28. The number of fused-ring (bicyclic) bond motifs is 1. The van der Waals surface area contributed by atoms with Crippen LogP contribution in [0.4, 0.5) is 0 Å². The van der Waals surface area contributed by atoms with E-state index in [9.17, 15) is 0 Å². The smallest absolute Gasteiger partial charge is 0.0967 e. The standard InChI is InChI=1S/C19H20N2/c1-13-9-11-21-18-16(10-12-20-17(13)18)14-5-7-15(8-6-14)19(2,3)4/h5-12H,1-4H3. The van der Waals surface area contributed by atoms with Crippen LogP contribution in [0.5, 0.6) is 0 Å². The molecular formula is C19H20N2. The molecule has 2 heteroatoms. The summed E-state index contributed by atoms with van der Waals surface area (Å²) < 4.78 is 0. The van der Waals surface area contributed by atoms with Crippen molar-refractivity contribution < 1.29 is 0 Å². The molecule has 0 saturated carbocycles. The summed E-state index contributed by atoms with van der Waals surface area (Å²) in [4.78, 5) is 8.99. The summed E-state index contributed by atoms with van der Waals surface area (Å²) in [6, 6.07) is 12.8. The molecule has 2 aromatic heterocycles. The molecule has 0 N–H and O–H groups in total. The highest BCUT2D eigenvalue weighted by Gasteiger charge is 2.14. The zero-order chi connectivity index (χ0) is 15.0. The number of hydrogen-bond donors (Lipinski definition) is 0. The fraction of sp³-hybridized carbons (Fsp3) is 0.263. The minimum absolute atomic E-state index is 0.174. The van der Waals surface area contributed by atoms with E-state index in [1.54, 1.807) is 0 Å². The predicted molar refractivity (Wildman–Crippen MR) is 88.4 cm³/mol. The van der Waals surface area contributed by atoms with Gasteiger partial charge in [0.15, 0.2) is 0 Å². The summed E-state index contributed by atoms with van der Waals surface area (Å²) in [5, 5.41) is 0. The minimum Gasteiger partial charge on any atom is -0.254 e. The first kappa shape index (κ1) is 13.7. The Bertz CT molecular complexity index is 781. The van der Waals surface area contributed by atoms with Crippen molar-refractivity contribution in [3.8, 4) is 11.1 Å². The molecule has 0 fully saturated rings. The summed E-state index contributed by atoms with van der Waals surface area (Å²) in [7, 11) is 0.